The molecule has 0 aromatic heterocycles. The van der Waals surface area contributed by atoms with Crippen molar-refractivity contribution in [2.24, 2.45) is 23.7 Å². The van der Waals surface area contributed by atoms with Gasteiger partial charge in [-0.15, -0.1) is 0 Å². The third kappa shape index (κ3) is 0.834. The number of hydrogen-bond donors (Lipinski definition) is 1. The van der Waals surface area contributed by atoms with Crippen molar-refractivity contribution in [1.82, 2.24) is 0 Å². The average Bonchev–Trinajstić information content (AvgIpc) is 2.77. The number of carbonyl (C=O) groups excluding carboxylic acids is 1. The molecule has 2 aliphatic carbocycles. The summed E-state index contributed by atoms with van der Waals surface area (Å²) in [6.07, 6.45) is 0.358. The largest absolute Gasteiger partial charge is 0.465 e. The fourth-order valence-corrected chi connectivity index (χ4v) is 3.61. The zero-order valence-corrected chi connectivity index (χ0v) is 8.05. The Bertz CT molecular complexity index is 277. The lowest BCUT2D eigenvalue weighted by atomic mass is 9.78. The van der Waals surface area contributed by atoms with Gasteiger partial charge in [0.1, 0.15) is 0 Å². The van der Waals surface area contributed by atoms with Gasteiger partial charge in [-0.1, -0.05) is 0 Å². The molecule has 2 bridgehead atoms. The molecule has 1 heterocycles. The number of cyclic esters (lactones) is 1. The fraction of sp³-hybridized carbons (Fsp3) is 0.900. The molecule has 0 aromatic rings. The van der Waals surface area contributed by atoms with Crippen LogP contribution in [0.3, 0.4) is 0 Å². The van der Waals surface area contributed by atoms with Crippen LogP contribution in [0.4, 0.5) is 0 Å². The van der Waals surface area contributed by atoms with E-state index in [0.717, 1.165) is 6.42 Å². The normalized spacial score (nSPS) is 54.9. The van der Waals surface area contributed by atoms with E-state index >= 15 is 0 Å². The van der Waals surface area contributed by atoms with Gasteiger partial charge in [0, 0.05) is 18.9 Å². The van der Waals surface area contributed by atoms with Crippen molar-refractivity contribution in [2.75, 3.05) is 13.7 Å². The number of rotatable bonds is 1. The van der Waals surface area contributed by atoms with Crippen LogP contribution in [0, 0.1) is 23.7 Å². The predicted octanol–water partition coefficient (Wildman–Crippen LogP) is -0.199. The third-order valence-corrected chi connectivity index (χ3v) is 4.18. The lowest BCUT2D eigenvalue weighted by molar-refractivity contribution is -0.144. The van der Waals surface area contributed by atoms with E-state index in [1.54, 1.807) is 7.11 Å². The van der Waals surface area contributed by atoms with Gasteiger partial charge in [0.25, 0.3) is 0 Å². The molecule has 78 valence electrons. The first-order valence-corrected chi connectivity index (χ1v) is 5.11. The molecule has 2 saturated carbocycles. The second-order valence-corrected chi connectivity index (χ2v) is 4.57. The Labute approximate surface area is 82.2 Å². The van der Waals surface area contributed by atoms with Crippen LogP contribution >= 0.6 is 0 Å². The molecule has 0 aromatic carbocycles. The summed E-state index contributed by atoms with van der Waals surface area (Å²) in [6.45, 7) is 0.525. The van der Waals surface area contributed by atoms with Crippen molar-refractivity contribution in [1.29, 1.82) is 0 Å². The van der Waals surface area contributed by atoms with Gasteiger partial charge in [0.2, 0.25) is 0 Å². The Morgan fingerprint density at radius 3 is 2.93 bits per heavy atom. The van der Waals surface area contributed by atoms with Crippen molar-refractivity contribution in [3.8, 4) is 0 Å². The average molecular weight is 198 g/mol. The zero-order chi connectivity index (χ0) is 9.87. The highest BCUT2D eigenvalue weighted by Gasteiger charge is 2.63. The number of aliphatic hydroxyl groups excluding tert-OH is 1. The number of ether oxygens (including phenoxy) is 2. The monoisotopic (exact) mass is 198 g/mol. The Balaban J connectivity index is 1.92. The Kier molecular flexibility index (Phi) is 1.67. The van der Waals surface area contributed by atoms with Crippen molar-refractivity contribution in [2.45, 2.75) is 18.6 Å². The first-order valence-electron chi connectivity index (χ1n) is 5.11. The van der Waals surface area contributed by atoms with Crippen molar-refractivity contribution >= 4 is 5.97 Å². The lowest BCUT2D eigenvalue weighted by Gasteiger charge is -2.31. The molecule has 1 aliphatic heterocycles. The van der Waals surface area contributed by atoms with Gasteiger partial charge in [-0.2, -0.15) is 0 Å². The van der Waals surface area contributed by atoms with E-state index in [2.05, 4.69) is 0 Å². The quantitative estimate of drug-likeness (QED) is 0.593. The SMILES string of the molecule is CO[C@H]1[C@H](O)[C@@H]2C[C@@H]1[C@@H]1COC(=O)[C@H]21. The van der Waals surface area contributed by atoms with Crippen LogP contribution in [0.1, 0.15) is 6.42 Å². The molecule has 6 atom stereocenters. The Hall–Kier alpha value is -0.610. The predicted molar refractivity (Wildman–Crippen MR) is 46.3 cm³/mol. The molecule has 0 radical (unpaired) electrons. The van der Waals surface area contributed by atoms with E-state index in [0.29, 0.717) is 18.4 Å². The van der Waals surface area contributed by atoms with E-state index in [-0.39, 0.29) is 23.9 Å². The van der Waals surface area contributed by atoms with E-state index in [4.69, 9.17) is 9.47 Å². The van der Waals surface area contributed by atoms with E-state index < -0.39 is 6.10 Å². The van der Waals surface area contributed by atoms with Crippen LogP contribution in [-0.4, -0.2) is 37.0 Å². The van der Waals surface area contributed by atoms with Crippen LogP contribution in [0.25, 0.3) is 0 Å². The molecule has 0 unspecified atom stereocenters. The minimum Gasteiger partial charge on any atom is -0.465 e. The van der Waals surface area contributed by atoms with Gasteiger partial charge in [-0.05, 0) is 12.3 Å². The van der Waals surface area contributed by atoms with Crippen LogP contribution in [0.5, 0.6) is 0 Å². The Morgan fingerprint density at radius 2 is 2.21 bits per heavy atom. The number of aliphatic hydroxyl groups is 1. The second-order valence-electron chi connectivity index (χ2n) is 4.57. The van der Waals surface area contributed by atoms with Crippen LogP contribution in [0.15, 0.2) is 0 Å². The maximum atomic E-state index is 11.4. The van der Waals surface area contributed by atoms with Gasteiger partial charge >= 0.3 is 5.97 Å². The molecule has 3 aliphatic rings. The van der Waals surface area contributed by atoms with Crippen LogP contribution in [0.2, 0.25) is 0 Å². The molecule has 1 N–H and O–H groups in total. The second kappa shape index (κ2) is 2.70. The maximum absolute atomic E-state index is 11.4. The van der Waals surface area contributed by atoms with E-state index in [9.17, 15) is 9.90 Å². The third-order valence-electron chi connectivity index (χ3n) is 4.18. The fourth-order valence-electron chi connectivity index (χ4n) is 3.61. The first kappa shape index (κ1) is 8.68. The number of methoxy groups -OCH3 is 1. The number of esters is 1. The summed E-state index contributed by atoms with van der Waals surface area (Å²) < 4.78 is 10.3. The van der Waals surface area contributed by atoms with Crippen LogP contribution in [-0.2, 0) is 14.3 Å². The summed E-state index contributed by atoms with van der Waals surface area (Å²) in [5.41, 5.74) is 0. The standard InChI is InChI=1S/C10H14O4/c1-13-9-4-2-5(8(9)11)7-6(4)3-14-10(7)12/h4-9,11H,2-3H2,1H3/t4-,5-,6+,7-,8-,9-/m1/s1. The van der Waals surface area contributed by atoms with Gasteiger partial charge < -0.3 is 14.6 Å². The summed E-state index contributed by atoms with van der Waals surface area (Å²) in [5, 5.41) is 9.91. The topological polar surface area (TPSA) is 55.8 Å². The minimum absolute atomic E-state index is 0.0543. The summed E-state index contributed by atoms with van der Waals surface area (Å²) >= 11 is 0. The molecule has 3 rings (SSSR count). The molecule has 4 nitrogen and oxygen atoms in total. The number of fused-ring (bicyclic) bond motifs is 5. The number of carbonyl (C=O) groups is 1. The molecule has 0 spiro atoms. The molecular weight excluding hydrogens is 184 g/mol. The smallest absolute Gasteiger partial charge is 0.309 e. The molecule has 0 amide bonds. The maximum Gasteiger partial charge on any atom is 0.309 e. The first-order chi connectivity index (χ1) is 6.74. The van der Waals surface area contributed by atoms with Gasteiger partial charge in [-0.3, -0.25) is 4.79 Å². The van der Waals surface area contributed by atoms with Crippen molar-refractivity contribution in [3.05, 3.63) is 0 Å². The molecule has 3 fully saturated rings. The lowest BCUT2D eigenvalue weighted by Crippen LogP contribution is -2.43. The van der Waals surface area contributed by atoms with Gasteiger partial charge in [0.15, 0.2) is 0 Å². The molecule has 14 heavy (non-hydrogen) atoms. The van der Waals surface area contributed by atoms with Crippen molar-refractivity contribution < 1.29 is 19.4 Å². The highest BCUT2D eigenvalue weighted by atomic mass is 16.5. The summed E-state index contributed by atoms with van der Waals surface area (Å²) in [5.74, 6) is 0.514. The molecule has 1 saturated heterocycles. The number of hydrogen-bond acceptors (Lipinski definition) is 4. The highest BCUT2D eigenvalue weighted by Crippen LogP contribution is 2.55. The van der Waals surface area contributed by atoms with Crippen LogP contribution < -0.4 is 0 Å². The van der Waals surface area contributed by atoms with Gasteiger partial charge in [0.05, 0.1) is 24.7 Å². The summed E-state index contributed by atoms with van der Waals surface area (Å²) in [6, 6.07) is 0. The summed E-state index contributed by atoms with van der Waals surface area (Å²) in [7, 11) is 1.63. The molecule has 4 heteroatoms. The highest BCUT2D eigenvalue weighted by molar-refractivity contribution is 5.76. The Morgan fingerprint density at radius 1 is 1.43 bits per heavy atom. The minimum atomic E-state index is -0.475. The van der Waals surface area contributed by atoms with Crippen molar-refractivity contribution in [3.63, 3.8) is 0 Å². The zero-order valence-electron chi connectivity index (χ0n) is 8.05. The van der Waals surface area contributed by atoms with E-state index in [1.165, 1.54) is 0 Å². The molecular formula is C10H14O4. The summed E-state index contributed by atoms with van der Waals surface area (Å²) in [4.78, 5) is 11.4. The van der Waals surface area contributed by atoms with E-state index in [1.807, 2.05) is 0 Å². The van der Waals surface area contributed by atoms with Gasteiger partial charge in [-0.25, -0.2) is 0 Å².